The summed E-state index contributed by atoms with van der Waals surface area (Å²) in [5, 5.41) is 3.30. The second kappa shape index (κ2) is 4.40. The highest BCUT2D eigenvalue weighted by molar-refractivity contribution is 5.75. The van der Waals surface area contributed by atoms with E-state index in [1.165, 1.54) is 12.0 Å². The van der Waals surface area contributed by atoms with Gasteiger partial charge in [0.25, 0.3) is 0 Å². The molecule has 0 radical (unpaired) electrons. The fourth-order valence-electron chi connectivity index (χ4n) is 2.36. The van der Waals surface area contributed by atoms with E-state index in [2.05, 4.69) is 17.4 Å². The maximum absolute atomic E-state index is 11.9. The Hall–Kier alpha value is -1.51. The van der Waals surface area contributed by atoms with Gasteiger partial charge in [-0.3, -0.25) is 4.79 Å². The number of hydrogen-bond donors (Lipinski definition) is 1. The Balaban J connectivity index is 1.64. The van der Waals surface area contributed by atoms with Crippen LogP contribution in [-0.2, 0) is 16.0 Å². The van der Waals surface area contributed by atoms with Crippen LogP contribution in [0.4, 0.5) is 5.69 Å². The number of ether oxygens (including phenoxy) is 1. The Labute approximate surface area is 101 Å². The van der Waals surface area contributed by atoms with Crippen LogP contribution >= 0.6 is 0 Å². The van der Waals surface area contributed by atoms with Crippen molar-refractivity contribution in [3.8, 4) is 0 Å². The van der Waals surface area contributed by atoms with Crippen molar-refractivity contribution >= 4 is 11.7 Å². The number of anilines is 1. The lowest BCUT2D eigenvalue weighted by atomic mass is 9.93. The molecule has 3 nitrogen and oxygen atoms in total. The van der Waals surface area contributed by atoms with Crippen molar-refractivity contribution in [3.05, 3.63) is 29.8 Å². The summed E-state index contributed by atoms with van der Waals surface area (Å²) < 4.78 is 5.46. The smallest absolute Gasteiger partial charge is 0.311 e. The minimum absolute atomic E-state index is 0.0227. The van der Waals surface area contributed by atoms with Crippen molar-refractivity contribution in [3.63, 3.8) is 0 Å². The molecule has 90 valence electrons. The summed E-state index contributed by atoms with van der Waals surface area (Å²) in [5.74, 6) is -0.0535. The molecule has 0 spiro atoms. The summed E-state index contributed by atoms with van der Waals surface area (Å²) in [5.41, 5.74) is 2.37. The Morgan fingerprint density at radius 2 is 2.12 bits per heavy atom. The number of carbonyl (C=O) groups excluding carboxylic acids is 1. The summed E-state index contributed by atoms with van der Waals surface area (Å²) in [7, 11) is 0. The molecule has 1 saturated carbocycles. The molecule has 1 N–H and O–H groups in total. The summed E-state index contributed by atoms with van der Waals surface area (Å²) in [6.45, 7) is 0.697. The van der Waals surface area contributed by atoms with Crippen LogP contribution in [0.25, 0.3) is 0 Å². The number of nitrogens with one attached hydrogen (secondary N) is 1. The molecule has 0 aromatic heterocycles. The van der Waals surface area contributed by atoms with E-state index in [9.17, 15) is 4.79 Å². The third kappa shape index (κ3) is 2.14. The minimum atomic E-state index is -0.0308. The van der Waals surface area contributed by atoms with Crippen LogP contribution in [0, 0.1) is 5.92 Å². The summed E-state index contributed by atoms with van der Waals surface area (Å²) >= 11 is 0. The molecule has 0 saturated heterocycles. The molecule has 1 unspecified atom stereocenters. The maximum Gasteiger partial charge on any atom is 0.311 e. The molecule has 0 amide bonds. The van der Waals surface area contributed by atoms with Gasteiger partial charge in [0, 0.05) is 12.2 Å². The lowest BCUT2D eigenvalue weighted by Crippen LogP contribution is -2.35. The predicted octanol–water partition coefficient (Wildman–Crippen LogP) is 2.37. The molecule has 3 heteroatoms. The predicted molar refractivity (Wildman–Crippen MR) is 65.9 cm³/mol. The SMILES string of the molecule is O=C(OC1CCC1)C1CNc2ccccc2C1. The lowest BCUT2D eigenvalue weighted by molar-refractivity contribution is -0.157. The minimum Gasteiger partial charge on any atom is -0.462 e. The molecule has 3 rings (SSSR count). The van der Waals surface area contributed by atoms with Gasteiger partial charge in [-0.05, 0) is 37.3 Å². The fraction of sp³-hybridized carbons (Fsp3) is 0.500. The summed E-state index contributed by atoms with van der Waals surface area (Å²) in [4.78, 5) is 11.9. The monoisotopic (exact) mass is 231 g/mol. The van der Waals surface area contributed by atoms with E-state index in [1.807, 2.05) is 12.1 Å². The number of esters is 1. The number of hydrogen-bond acceptors (Lipinski definition) is 3. The number of rotatable bonds is 2. The summed E-state index contributed by atoms with van der Waals surface area (Å²) in [6.07, 6.45) is 4.28. The standard InChI is InChI=1S/C14H17NO2/c16-14(17-12-5-3-6-12)11-8-10-4-1-2-7-13(10)15-9-11/h1-2,4,7,11-12,15H,3,5-6,8-9H2. The normalized spacial score (nSPS) is 23.2. The highest BCUT2D eigenvalue weighted by Crippen LogP contribution is 2.27. The zero-order valence-electron chi connectivity index (χ0n) is 9.82. The van der Waals surface area contributed by atoms with Crippen molar-refractivity contribution in [1.82, 2.24) is 0 Å². The number of fused-ring (bicyclic) bond motifs is 1. The van der Waals surface area contributed by atoms with Gasteiger partial charge in [-0.2, -0.15) is 0 Å². The zero-order chi connectivity index (χ0) is 11.7. The molecule has 2 aliphatic rings. The van der Waals surface area contributed by atoms with Gasteiger partial charge in [0.15, 0.2) is 0 Å². The van der Waals surface area contributed by atoms with Gasteiger partial charge in [-0.15, -0.1) is 0 Å². The first kappa shape index (κ1) is 10.6. The van der Waals surface area contributed by atoms with E-state index in [4.69, 9.17) is 4.74 Å². The molecular weight excluding hydrogens is 214 g/mol. The third-order valence-corrected chi connectivity index (χ3v) is 3.69. The van der Waals surface area contributed by atoms with Gasteiger partial charge in [-0.25, -0.2) is 0 Å². The van der Waals surface area contributed by atoms with Crippen molar-refractivity contribution in [1.29, 1.82) is 0 Å². The van der Waals surface area contributed by atoms with E-state index < -0.39 is 0 Å². The van der Waals surface area contributed by atoms with Crippen LogP contribution in [-0.4, -0.2) is 18.6 Å². The van der Waals surface area contributed by atoms with Crippen LogP contribution in [0.1, 0.15) is 24.8 Å². The van der Waals surface area contributed by atoms with Crippen LogP contribution in [0.15, 0.2) is 24.3 Å². The quantitative estimate of drug-likeness (QED) is 0.794. The van der Waals surface area contributed by atoms with Gasteiger partial charge < -0.3 is 10.1 Å². The molecule has 1 aliphatic heterocycles. The molecular formula is C14H17NO2. The van der Waals surface area contributed by atoms with Gasteiger partial charge in [0.2, 0.25) is 0 Å². The van der Waals surface area contributed by atoms with Crippen LogP contribution in [0.2, 0.25) is 0 Å². The lowest BCUT2D eigenvalue weighted by Gasteiger charge is -2.30. The first-order valence-corrected chi connectivity index (χ1v) is 6.35. The fourth-order valence-corrected chi connectivity index (χ4v) is 2.36. The van der Waals surface area contributed by atoms with E-state index >= 15 is 0 Å². The number of carbonyl (C=O) groups is 1. The number of para-hydroxylation sites is 1. The Morgan fingerprint density at radius 1 is 1.29 bits per heavy atom. The van der Waals surface area contributed by atoms with E-state index in [0.29, 0.717) is 6.54 Å². The van der Waals surface area contributed by atoms with Crippen molar-refractivity contribution in [2.75, 3.05) is 11.9 Å². The highest BCUT2D eigenvalue weighted by Gasteiger charge is 2.29. The molecule has 1 heterocycles. The second-order valence-electron chi connectivity index (χ2n) is 4.93. The maximum atomic E-state index is 11.9. The highest BCUT2D eigenvalue weighted by atomic mass is 16.5. The number of benzene rings is 1. The topological polar surface area (TPSA) is 38.3 Å². The second-order valence-corrected chi connectivity index (χ2v) is 4.93. The van der Waals surface area contributed by atoms with E-state index in [1.54, 1.807) is 0 Å². The van der Waals surface area contributed by atoms with Crippen LogP contribution in [0.3, 0.4) is 0 Å². The third-order valence-electron chi connectivity index (χ3n) is 3.69. The van der Waals surface area contributed by atoms with Crippen molar-refractivity contribution < 1.29 is 9.53 Å². The van der Waals surface area contributed by atoms with Gasteiger partial charge in [0.05, 0.1) is 5.92 Å². The summed E-state index contributed by atoms with van der Waals surface area (Å²) in [6, 6.07) is 8.16. The molecule has 17 heavy (non-hydrogen) atoms. The molecule has 1 aromatic rings. The molecule has 1 aliphatic carbocycles. The zero-order valence-corrected chi connectivity index (χ0v) is 9.82. The Bertz CT molecular complexity index is 426. The molecule has 1 fully saturated rings. The van der Waals surface area contributed by atoms with Crippen LogP contribution < -0.4 is 5.32 Å². The average Bonchev–Trinajstić information content (AvgIpc) is 2.33. The largest absolute Gasteiger partial charge is 0.462 e. The van der Waals surface area contributed by atoms with E-state index in [0.717, 1.165) is 24.9 Å². The Morgan fingerprint density at radius 3 is 2.88 bits per heavy atom. The van der Waals surface area contributed by atoms with E-state index in [-0.39, 0.29) is 18.0 Å². The van der Waals surface area contributed by atoms with Gasteiger partial charge in [0.1, 0.15) is 6.10 Å². The van der Waals surface area contributed by atoms with Crippen molar-refractivity contribution in [2.24, 2.45) is 5.92 Å². The first-order chi connectivity index (χ1) is 8.33. The first-order valence-electron chi connectivity index (χ1n) is 6.35. The average molecular weight is 231 g/mol. The van der Waals surface area contributed by atoms with Crippen LogP contribution in [0.5, 0.6) is 0 Å². The van der Waals surface area contributed by atoms with Gasteiger partial charge in [-0.1, -0.05) is 18.2 Å². The Kier molecular flexibility index (Phi) is 2.75. The molecule has 1 atom stereocenters. The van der Waals surface area contributed by atoms with Crippen molar-refractivity contribution in [2.45, 2.75) is 31.8 Å². The van der Waals surface area contributed by atoms with Gasteiger partial charge >= 0.3 is 5.97 Å². The molecule has 1 aromatic carbocycles. The molecule has 0 bridgehead atoms.